The third-order valence-corrected chi connectivity index (χ3v) is 3.52. The number of hydrogen-bond donors (Lipinski definition) is 2. The van der Waals surface area contributed by atoms with Crippen LogP contribution in [0.3, 0.4) is 0 Å². The van der Waals surface area contributed by atoms with Crippen LogP contribution in [0.25, 0.3) is 0 Å². The van der Waals surface area contributed by atoms with E-state index in [1.54, 1.807) is 25.2 Å². The number of carbonyl (C=O) groups is 2. The number of carbonyl (C=O) groups excluding carboxylic acids is 2. The molecule has 18 heavy (non-hydrogen) atoms. The Labute approximate surface area is 111 Å². The monoisotopic (exact) mass is 266 g/mol. The summed E-state index contributed by atoms with van der Waals surface area (Å²) in [5, 5.41) is 5.75. The highest BCUT2D eigenvalue weighted by Crippen LogP contribution is 2.29. The van der Waals surface area contributed by atoms with E-state index in [0.29, 0.717) is 16.3 Å². The zero-order valence-corrected chi connectivity index (χ0v) is 10.9. The van der Waals surface area contributed by atoms with Crippen LogP contribution >= 0.6 is 11.6 Å². The van der Waals surface area contributed by atoms with Gasteiger partial charge in [0.05, 0.1) is 10.7 Å². The van der Waals surface area contributed by atoms with Gasteiger partial charge < -0.3 is 10.6 Å². The molecule has 0 radical (unpaired) electrons. The zero-order valence-electron chi connectivity index (χ0n) is 10.1. The first kappa shape index (κ1) is 12.9. The van der Waals surface area contributed by atoms with Crippen molar-refractivity contribution in [3.63, 3.8) is 0 Å². The lowest BCUT2D eigenvalue weighted by molar-refractivity contribution is -0.122. The molecule has 0 unspecified atom stereocenters. The van der Waals surface area contributed by atoms with Gasteiger partial charge in [-0.25, -0.2) is 0 Å². The van der Waals surface area contributed by atoms with Crippen molar-refractivity contribution in [2.24, 2.45) is 5.92 Å². The van der Waals surface area contributed by atoms with Crippen molar-refractivity contribution in [2.75, 3.05) is 12.4 Å². The molecule has 1 aliphatic rings. The van der Waals surface area contributed by atoms with Crippen LogP contribution in [0, 0.1) is 5.92 Å². The van der Waals surface area contributed by atoms with Crippen molar-refractivity contribution >= 4 is 29.1 Å². The Balaban J connectivity index is 2.15. The summed E-state index contributed by atoms with van der Waals surface area (Å²) in [6.45, 7) is 0. The van der Waals surface area contributed by atoms with Crippen molar-refractivity contribution in [1.82, 2.24) is 5.32 Å². The molecule has 0 saturated heterocycles. The predicted molar refractivity (Wildman–Crippen MR) is 70.8 cm³/mol. The number of halogens is 1. The first-order valence-electron chi connectivity index (χ1n) is 5.94. The van der Waals surface area contributed by atoms with Gasteiger partial charge in [-0.2, -0.15) is 0 Å². The van der Waals surface area contributed by atoms with Gasteiger partial charge in [0.2, 0.25) is 5.91 Å². The third-order valence-electron chi connectivity index (χ3n) is 3.19. The minimum absolute atomic E-state index is 0.0165. The van der Waals surface area contributed by atoms with Gasteiger partial charge in [-0.1, -0.05) is 18.0 Å². The minimum Gasteiger partial charge on any atom is -0.355 e. The third kappa shape index (κ3) is 2.64. The highest BCUT2D eigenvalue weighted by Gasteiger charge is 2.25. The number of anilines is 1. The molecule has 4 nitrogen and oxygen atoms in total. The van der Waals surface area contributed by atoms with E-state index in [1.807, 2.05) is 0 Å². The summed E-state index contributed by atoms with van der Waals surface area (Å²) in [6, 6.07) is 4.83. The smallest absolute Gasteiger partial charge is 0.251 e. The molecule has 0 aliphatic heterocycles. The number of nitrogens with one attached hydrogen (secondary N) is 2. The summed E-state index contributed by atoms with van der Waals surface area (Å²) in [6.07, 6.45) is 2.96. The molecule has 1 aliphatic carbocycles. The highest BCUT2D eigenvalue weighted by atomic mass is 35.5. The van der Waals surface area contributed by atoms with Gasteiger partial charge in [0.15, 0.2) is 0 Å². The molecular formula is C13H15ClN2O2. The molecule has 1 saturated carbocycles. The normalized spacial score (nSPS) is 14.8. The molecule has 0 heterocycles. The average Bonchev–Trinajstić information content (AvgIpc) is 2.28. The van der Waals surface area contributed by atoms with Gasteiger partial charge in [0, 0.05) is 18.5 Å². The van der Waals surface area contributed by atoms with Gasteiger partial charge in [-0.05, 0) is 31.0 Å². The van der Waals surface area contributed by atoms with E-state index in [4.69, 9.17) is 11.6 Å². The number of hydrogen-bond acceptors (Lipinski definition) is 2. The topological polar surface area (TPSA) is 58.2 Å². The molecule has 1 aromatic rings. The fourth-order valence-corrected chi connectivity index (χ4v) is 1.98. The van der Waals surface area contributed by atoms with E-state index >= 15 is 0 Å². The largest absolute Gasteiger partial charge is 0.355 e. The van der Waals surface area contributed by atoms with Crippen LogP contribution in [0.15, 0.2) is 18.2 Å². The molecule has 1 fully saturated rings. The molecule has 2 rings (SSSR count). The van der Waals surface area contributed by atoms with E-state index in [1.165, 1.54) is 0 Å². The quantitative estimate of drug-likeness (QED) is 0.883. The Morgan fingerprint density at radius 1 is 1.33 bits per heavy atom. The maximum absolute atomic E-state index is 11.8. The molecule has 0 bridgehead atoms. The molecule has 0 atom stereocenters. The van der Waals surface area contributed by atoms with Gasteiger partial charge >= 0.3 is 0 Å². The Kier molecular flexibility index (Phi) is 3.87. The molecule has 2 amide bonds. The van der Waals surface area contributed by atoms with Crippen molar-refractivity contribution in [3.05, 3.63) is 28.8 Å². The number of amides is 2. The summed E-state index contributed by atoms with van der Waals surface area (Å²) in [7, 11) is 1.56. The van der Waals surface area contributed by atoms with E-state index in [0.717, 1.165) is 19.3 Å². The van der Waals surface area contributed by atoms with Gasteiger partial charge in [-0.3, -0.25) is 9.59 Å². The Bertz CT molecular complexity index is 484. The number of rotatable bonds is 3. The minimum atomic E-state index is -0.203. The Morgan fingerprint density at radius 3 is 2.61 bits per heavy atom. The summed E-state index contributed by atoms with van der Waals surface area (Å²) < 4.78 is 0. The lowest BCUT2D eigenvalue weighted by Gasteiger charge is -2.24. The summed E-state index contributed by atoms with van der Waals surface area (Å²) in [5.41, 5.74) is 0.973. The van der Waals surface area contributed by atoms with Crippen molar-refractivity contribution in [3.8, 4) is 0 Å². The second-order valence-corrected chi connectivity index (χ2v) is 4.80. The molecular weight excluding hydrogens is 252 g/mol. The standard InChI is InChI=1S/C13H15ClN2O2/c1-15-12(17)9-5-6-10(14)11(7-9)16-13(18)8-3-2-4-8/h5-8H,2-4H2,1H3,(H,15,17)(H,16,18). The van der Waals surface area contributed by atoms with E-state index < -0.39 is 0 Å². The molecule has 2 N–H and O–H groups in total. The summed E-state index contributed by atoms with van der Waals surface area (Å²) in [4.78, 5) is 23.3. The first-order valence-corrected chi connectivity index (χ1v) is 6.32. The fourth-order valence-electron chi connectivity index (χ4n) is 1.81. The molecule has 0 aromatic heterocycles. The van der Waals surface area contributed by atoms with Gasteiger partial charge in [0.1, 0.15) is 0 Å². The van der Waals surface area contributed by atoms with Crippen LogP contribution in [0.1, 0.15) is 29.6 Å². The predicted octanol–water partition coefficient (Wildman–Crippen LogP) is 2.44. The second kappa shape index (κ2) is 5.40. The molecule has 5 heteroatoms. The molecule has 1 aromatic carbocycles. The van der Waals surface area contributed by atoms with E-state index in [2.05, 4.69) is 10.6 Å². The summed E-state index contributed by atoms with van der Waals surface area (Å²) >= 11 is 6.01. The highest BCUT2D eigenvalue weighted by molar-refractivity contribution is 6.33. The second-order valence-electron chi connectivity index (χ2n) is 4.39. The van der Waals surface area contributed by atoms with Crippen LogP contribution in [-0.2, 0) is 4.79 Å². The SMILES string of the molecule is CNC(=O)c1ccc(Cl)c(NC(=O)C2CCC2)c1. The maximum Gasteiger partial charge on any atom is 0.251 e. The van der Waals surface area contributed by atoms with E-state index in [9.17, 15) is 9.59 Å². The van der Waals surface area contributed by atoms with Crippen LogP contribution in [0.2, 0.25) is 5.02 Å². The first-order chi connectivity index (χ1) is 8.61. The number of benzene rings is 1. The van der Waals surface area contributed by atoms with Crippen LogP contribution in [0.4, 0.5) is 5.69 Å². The Morgan fingerprint density at radius 2 is 2.06 bits per heavy atom. The average molecular weight is 267 g/mol. The van der Waals surface area contributed by atoms with Crippen LogP contribution in [0.5, 0.6) is 0 Å². The van der Waals surface area contributed by atoms with Crippen LogP contribution < -0.4 is 10.6 Å². The summed E-state index contributed by atoms with van der Waals surface area (Å²) in [5.74, 6) is -0.132. The maximum atomic E-state index is 11.8. The van der Waals surface area contributed by atoms with E-state index in [-0.39, 0.29) is 17.7 Å². The van der Waals surface area contributed by atoms with Gasteiger partial charge in [0.25, 0.3) is 5.91 Å². The molecule has 0 spiro atoms. The van der Waals surface area contributed by atoms with Gasteiger partial charge in [-0.15, -0.1) is 0 Å². The van der Waals surface area contributed by atoms with Crippen LogP contribution in [-0.4, -0.2) is 18.9 Å². The fraction of sp³-hybridized carbons (Fsp3) is 0.385. The molecule has 96 valence electrons. The lowest BCUT2D eigenvalue weighted by atomic mass is 9.85. The van der Waals surface area contributed by atoms with Crippen molar-refractivity contribution < 1.29 is 9.59 Å². The van der Waals surface area contributed by atoms with Crippen molar-refractivity contribution in [1.29, 1.82) is 0 Å². The lowest BCUT2D eigenvalue weighted by Crippen LogP contribution is -2.28. The zero-order chi connectivity index (χ0) is 13.1. The Hall–Kier alpha value is -1.55. The van der Waals surface area contributed by atoms with Crippen molar-refractivity contribution in [2.45, 2.75) is 19.3 Å².